The van der Waals surface area contributed by atoms with E-state index < -0.39 is 0 Å². The lowest BCUT2D eigenvalue weighted by atomic mass is 10.2. The highest BCUT2D eigenvalue weighted by Gasteiger charge is 2.21. The lowest BCUT2D eigenvalue weighted by Crippen LogP contribution is -2.49. The minimum absolute atomic E-state index is 0.0358. The molecule has 1 aliphatic rings. The highest BCUT2D eigenvalue weighted by atomic mass is 79.9. The van der Waals surface area contributed by atoms with Gasteiger partial charge in [-0.15, -0.1) is 0 Å². The maximum absolute atomic E-state index is 12.4. The van der Waals surface area contributed by atoms with Gasteiger partial charge < -0.3 is 15.1 Å². The second-order valence-corrected chi connectivity index (χ2v) is 7.31. The van der Waals surface area contributed by atoms with Gasteiger partial charge in [0, 0.05) is 49.2 Å². The SMILES string of the molecule is N#Cc1ccc(N2CCN(C(=O)CCNC(=O)c3ccc(Br)cc3)CC2)cn1. The van der Waals surface area contributed by atoms with Crippen LogP contribution in [0.25, 0.3) is 0 Å². The topological polar surface area (TPSA) is 89.3 Å². The summed E-state index contributed by atoms with van der Waals surface area (Å²) in [5, 5.41) is 11.6. The van der Waals surface area contributed by atoms with Crippen molar-refractivity contribution in [1.29, 1.82) is 5.26 Å². The van der Waals surface area contributed by atoms with Crippen molar-refractivity contribution in [3.63, 3.8) is 0 Å². The molecule has 1 aliphatic heterocycles. The predicted octanol–water partition coefficient (Wildman–Crippen LogP) is 2.18. The minimum atomic E-state index is -0.182. The molecular weight excluding hydrogens is 422 g/mol. The van der Waals surface area contributed by atoms with Crippen molar-refractivity contribution in [2.75, 3.05) is 37.6 Å². The maximum atomic E-state index is 12.4. The molecule has 0 unspecified atom stereocenters. The smallest absolute Gasteiger partial charge is 0.251 e. The van der Waals surface area contributed by atoms with Gasteiger partial charge in [-0.05, 0) is 36.4 Å². The first-order chi connectivity index (χ1) is 13.6. The molecule has 144 valence electrons. The van der Waals surface area contributed by atoms with Crippen LogP contribution in [0, 0.1) is 11.3 Å². The summed E-state index contributed by atoms with van der Waals surface area (Å²) < 4.78 is 0.912. The molecule has 8 heteroatoms. The number of nitrogens with zero attached hydrogens (tertiary/aromatic N) is 4. The summed E-state index contributed by atoms with van der Waals surface area (Å²) in [5.74, 6) is -0.146. The first-order valence-electron chi connectivity index (χ1n) is 8.99. The fourth-order valence-electron chi connectivity index (χ4n) is 3.00. The van der Waals surface area contributed by atoms with E-state index in [2.05, 4.69) is 31.1 Å². The van der Waals surface area contributed by atoms with Crippen molar-refractivity contribution in [3.8, 4) is 6.07 Å². The van der Waals surface area contributed by atoms with Gasteiger partial charge in [0.25, 0.3) is 5.91 Å². The number of hydrogen-bond acceptors (Lipinski definition) is 5. The Hall–Kier alpha value is -2.92. The van der Waals surface area contributed by atoms with Crippen molar-refractivity contribution >= 4 is 33.4 Å². The number of pyridine rings is 1. The zero-order valence-electron chi connectivity index (χ0n) is 15.3. The van der Waals surface area contributed by atoms with Crippen molar-refractivity contribution in [1.82, 2.24) is 15.2 Å². The highest BCUT2D eigenvalue weighted by Crippen LogP contribution is 2.16. The van der Waals surface area contributed by atoms with Crippen LogP contribution in [-0.2, 0) is 4.79 Å². The third-order valence-corrected chi connectivity index (χ3v) is 5.12. The van der Waals surface area contributed by atoms with Crippen LogP contribution in [0.3, 0.4) is 0 Å². The molecule has 0 saturated carbocycles. The Bertz CT molecular complexity index is 869. The molecule has 3 rings (SSSR count). The van der Waals surface area contributed by atoms with Crippen LogP contribution in [0.1, 0.15) is 22.5 Å². The maximum Gasteiger partial charge on any atom is 0.251 e. The van der Waals surface area contributed by atoms with Crippen LogP contribution in [0.2, 0.25) is 0 Å². The van der Waals surface area contributed by atoms with Crippen LogP contribution in [-0.4, -0.2) is 54.4 Å². The van der Waals surface area contributed by atoms with Gasteiger partial charge in [0.2, 0.25) is 5.91 Å². The average molecular weight is 442 g/mol. The van der Waals surface area contributed by atoms with Crippen LogP contribution in [0.5, 0.6) is 0 Å². The van der Waals surface area contributed by atoms with Crippen molar-refractivity contribution < 1.29 is 9.59 Å². The normalized spacial score (nSPS) is 13.7. The molecule has 0 radical (unpaired) electrons. The Balaban J connectivity index is 1.41. The van der Waals surface area contributed by atoms with E-state index in [4.69, 9.17) is 5.26 Å². The number of aromatic nitrogens is 1. The van der Waals surface area contributed by atoms with E-state index >= 15 is 0 Å². The minimum Gasteiger partial charge on any atom is -0.367 e. The summed E-state index contributed by atoms with van der Waals surface area (Å²) in [6, 6.07) is 12.7. The molecule has 1 aromatic carbocycles. The zero-order chi connectivity index (χ0) is 19.9. The van der Waals surface area contributed by atoms with E-state index in [0.29, 0.717) is 44.0 Å². The average Bonchev–Trinajstić information content (AvgIpc) is 2.74. The number of amides is 2. The van der Waals surface area contributed by atoms with Gasteiger partial charge >= 0.3 is 0 Å². The van der Waals surface area contributed by atoms with Gasteiger partial charge in [0.1, 0.15) is 11.8 Å². The molecule has 1 N–H and O–H groups in total. The molecule has 7 nitrogen and oxygen atoms in total. The quantitative estimate of drug-likeness (QED) is 0.767. The predicted molar refractivity (Wildman–Crippen MR) is 109 cm³/mol. The summed E-state index contributed by atoms with van der Waals surface area (Å²) in [6.45, 7) is 2.99. The Kier molecular flexibility index (Phi) is 6.61. The van der Waals surface area contributed by atoms with Crippen LogP contribution in [0.4, 0.5) is 5.69 Å². The van der Waals surface area contributed by atoms with Crippen LogP contribution in [0.15, 0.2) is 47.1 Å². The van der Waals surface area contributed by atoms with Gasteiger partial charge in [-0.25, -0.2) is 4.98 Å². The fraction of sp³-hybridized carbons (Fsp3) is 0.300. The Labute approximate surface area is 172 Å². The van der Waals surface area contributed by atoms with Gasteiger partial charge in [-0.2, -0.15) is 5.26 Å². The number of carbonyl (C=O) groups excluding carboxylic acids is 2. The van der Waals surface area contributed by atoms with Gasteiger partial charge in [0.15, 0.2) is 0 Å². The van der Waals surface area contributed by atoms with Gasteiger partial charge in [0.05, 0.1) is 11.9 Å². The van der Waals surface area contributed by atoms with E-state index in [1.54, 1.807) is 24.4 Å². The molecule has 1 aromatic heterocycles. The largest absolute Gasteiger partial charge is 0.367 e. The lowest BCUT2D eigenvalue weighted by molar-refractivity contribution is -0.131. The second kappa shape index (κ2) is 9.33. The molecular formula is C20H20BrN5O2. The zero-order valence-corrected chi connectivity index (χ0v) is 16.9. The van der Waals surface area contributed by atoms with E-state index in [0.717, 1.165) is 10.2 Å². The summed E-state index contributed by atoms with van der Waals surface area (Å²) in [5.41, 5.74) is 1.91. The monoisotopic (exact) mass is 441 g/mol. The lowest BCUT2D eigenvalue weighted by Gasteiger charge is -2.36. The number of nitriles is 1. The summed E-state index contributed by atoms with van der Waals surface area (Å²) in [7, 11) is 0. The number of hydrogen-bond donors (Lipinski definition) is 1. The molecule has 1 saturated heterocycles. The van der Waals surface area contributed by atoms with E-state index in [1.165, 1.54) is 0 Å². The third kappa shape index (κ3) is 5.08. The summed E-state index contributed by atoms with van der Waals surface area (Å²) in [6.07, 6.45) is 1.97. The Morgan fingerprint density at radius 3 is 2.43 bits per heavy atom. The first kappa shape index (κ1) is 19.8. The standard InChI is InChI=1S/C20H20BrN5O2/c21-16-3-1-15(2-4-16)20(28)23-8-7-19(27)26-11-9-25(10-12-26)18-6-5-17(13-22)24-14-18/h1-6,14H,7-12H2,(H,23,28). The van der Waals surface area contributed by atoms with E-state index in [9.17, 15) is 9.59 Å². The number of nitrogens with one attached hydrogen (secondary N) is 1. The van der Waals surface area contributed by atoms with Crippen molar-refractivity contribution in [2.24, 2.45) is 0 Å². The van der Waals surface area contributed by atoms with Crippen molar-refractivity contribution in [2.45, 2.75) is 6.42 Å². The number of benzene rings is 1. The molecule has 0 bridgehead atoms. The molecule has 2 aromatic rings. The number of rotatable bonds is 5. The first-order valence-corrected chi connectivity index (χ1v) is 9.79. The second-order valence-electron chi connectivity index (χ2n) is 6.39. The number of carbonyl (C=O) groups is 2. The molecule has 2 heterocycles. The van der Waals surface area contributed by atoms with Gasteiger partial charge in [-0.3, -0.25) is 9.59 Å². The third-order valence-electron chi connectivity index (χ3n) is 4.59. The molecule has 28 heavy (non-hydrogen) atoms. The van der Waals surface area contributed by atoms with Crippen LogP contribution < -0.4 is 10.2 Å². The molecule has 0 aliphatic carbocycles. The number of piperazine rings is 1. The van der Waals surface area contributed by atoms with Crippen molar-refractivity contribution in [3.05, 3.63) is 58.3 Å². The van der Waals surface area contributed by atoms with Gasteiger partial charge in [-0.1, -0.05) is 15.9 Å². The molecule has 2 amide bonds. The Morgan fingerprint density at radius 1 is 1.11 bits per heavy atom. The summed E-state index contributed by atoms with van der Waals surface area (Å²) in [4.78, 5) is 32.5. The molecule has 0 spiro atoms. The number of halogens is 1. The number of anilines is 1. The molecule has 0 atom stereocenters. The fourth-order valence-corrected chi connectivity index (χ4v) is 3.26. The van der Waals surface area contributed by atoms with E-state index in [1.807, 2.05) is 29.2 Å². The highest BCUT2D eigenvalue weighted by molar-refractivity contribution is 9.10. The Morgan fingerprint density at radius 2 is 1.82 bits per heavy atom. The van der Waals surface area contributed by atoms with E-state index in [-0.39, 0.29) is 18.2 Å². The molecule has 1 fully saturated rings. The summed E-state index contributed by atoms with van der Waals surface area (Å²) >= 11 is 3.33. The van der Waals surface area contributed by atoms with Crippen LogP contribution >= 0.6 is 15.9 Å².